The molecule has 0 bridgehead atoms. The number of methoxy groups -OCH3 is 3. The van der Waals surface area contributed by atoms with Gasteiger partial charge in [-0.15, -0.1) is 0 Å². The smallest absolute Gasteiger partial charge is 0.306 e. The summed E-state index contributed by atoms with van der Waals surface area (Å²) in [6.45, 7) is 5.33. The molecule has 0 aliphatic carbocycles. The summed E-state index contributed by atoms with van der Waals surface area (Å²) in [5.74, 6) is 3.04. The van der Waals surface area contributed by atoms with Gasteiger partial charge in [-0.1, -0.05) is 47.5 Å². The number of ether oxygens (including phenoxy) is 3. The van der Waals surface area contributed by atoms with Crippen LogP contribution in [0.4, 0.5) is 5.69 Å². The van der Waals surface area contributed by atoms with Crippen LogP contribution in [0.5, 0.6) is 17.2 Å². The Kier molecular flexibility index (Phi) is 9.41. The number of hydrogen-bond donors (Lipinski definition) is 0. The first-order chi connectivity index (χ1) is 18.8. The number of hydrogen-bond acceptors (Lipinski definition) is 6. The molecule has 2 aromatic carbocycles. The molecule has 208 valence electrons. The van der Waals surface area contributed by atoms with E-state index in [2.05, 4.69) is 46.9 Å². The van der Waals surface area contributed by atoms with E-state index in [0.29, 0.717) is 47.6 Å². The highest BCUT2D eigenvalue weighted by molar-refractivity contribution is 9.10. The molecule has 9 heteroatoms. The van der Waals surface area contributed by atoms with Crippen LogP contribution >= 0.6 is 27.5 Å². The fourth-order valence-corrected chi connectivity index (χ4v) is 6.12. The van der Waals surface area contributed by atoms with Gasteiger partial charge in [-0.3, -0.25) is 4.99 Å². The van der Waals surface area contributed by atoms with Crippen LogP contribution < -0.4 is 18.7 Å². The molecule has 1 amide bonds. The second kappa shape index (κ2) is 12.6. The van der Waals surface area contributed by atoms with Gasteiger partial charge < -0.3 is 19.1 Å². The van der Waals surface area contributed by atoms with Gasteiger partial charge in [0.15, 0.2) is 17.2 Å². The summed E-state index contributed by atoms with van der Waals surface area (Å²) in [5, 5.41) is 0.376. The first-order valence-corrected chi connectivity index (χ1v) is 14.2. The standard InChI is InChI=1S/C30H36BrClN3O4/c1-20(2)13-15-35(19-36,25-10-12-27(38-4)30(39-5)29(25)32)18-23-24(34-14-7-6-8-28(34)33-23)17-21-16-22(31)9-11-26(21)37-3/h6-12,14,16,19-20,23-24H,13,15,17-18H2,1-5H3/q+1. The number of allylic oxidation sites excluding steroid dienone is 2. The molecule has 2 aromatic rings. The molecule has 0 N–H and O–H groups in total. The van der Waals surface area contributed by atoms with Crippen molar-refractivity contribution in [2.45, 2.75) is 38.8 Å². The Balaban J connectivity index is 1.79. The minimum atomic E-state index is -0.197. The van der Waals surface area contributed by atoms with Crippen LogP contribution in [0.25, 0.3) is 0 Å². The zero-order valence-corrected chi connectivity index (χ0v) is 25.4. The van der Waals surface area contributed by atoms with E-state index in [4.69, 9.17) is 30.8 Å². The molecule has 0 aromatic heterocycles. The molecule has 2 aliphatic rings. The quantitative estimate of drug-likeness (QED) is 0.203. The van der Waals surface area contributed by atoms with Gasteiger partial charge in [0.1, 0.15) is 29.2 Å². The Hall–Kier alpha value is -2.81. The van der Waals surface area contributed by atoms with Crippen molar-refractivity contribution in [1.82, 2.24) is 9.38 Å². The number of carbonyl (C=O) groups is 1. The van der Waals surface area contributed by atoms with Crippen molar-refractivity contribution in [3.63, 3.8) is 0 Å². The van der Waals surface area contributed by atoms with Gasteiger partial charge in [0.05, 0.1) is 33.9 Å². The largest absolute Gasteiger partial charge is 0.496 e. The molecule has 0 fully saturated rings. The molecular weight excluding hydrogens is 582 g/mol. The number of quaternary nitrogens is 1. The zero-order valence-electron chi connectivity index (χ0n) is 23.1. The van der Waals surface area contributed by atoms with Crippen molar-refractivity contribution in [3.8, 4) is 17.2 Å². The van der Waals surface area contributed by atoms with Gasteiger partial charge in [0, 0.05) is 16.7 Å². The van der Waals surface area contributed by atoms with Crippen LogP contribution in [0.1, 0.15) is 25.8 Å². The molecule has 0 spiro atoms. The van der Waals surface area contributed by atoms with E-state index in [1.807, 2.05) is 42.5 Å². The molecule has 7 nitrogen and oxygen atoms in total. The highest BCUT2D eigenvalue weighted by Gasteiger charge is 2.44. The molecule has 0 radical (unpaired) electrons. The number of nitrogens with zero attached hydrogens (tertiary/aromatic N) is 3. The van der Waals surface area contributed by atoms with E-state index in [1.54, 1.807) is 21.3 Å². The fourth-order valence-electron chi connectivity index (χ4n) is 5.31. The number of amidine groups is 1. The summed E-state index contributed by atoms with van der Waals surface area (Å²) < 4.78 is 17.8. The average molecular weight is 618 g/mol. The predicted octanol–water partition coefficient (Wildman–Crippen LogP) is 6.42. The maximum absolute atomic E-state index is 13.2. The number of amides is 1. The first-order valence-electron chi connectivity index (χ1n) is 13.0. The number of carbonyl (C=O) groups excluding carboxylic acids is 1. The summed E-state index contributed by atoms with van der Waals surface area (Å²) in [5.41, 5.74) is 1.75. The number of halogens is 2. The predicted molar refractivity (Wildman–Crippen MR) is 161 cm³/mol. The van der Waals surface area contributed by atoms with Gasteiger partial charge >= 0.3 is 6.41 Å². The van der Waals surface area contributed by atoms with Gasteiger partial charge in [-0.25, -0.2) is 9.28 Å². The molecular formula is C30H36BrClN3O4+. The second-order valence-corrected chi connectivity index (χ2v) is 11.5. The van der Waals surface area contributed by atoms with E-state index >= 15 is 0 Å². The lowest BCUT2D eigenvalue weighted by Crippen LogP contribution is -2.56. The summed E-state index contributed by atoms with van der Waals surface area (Å²) in [7, 11) is 4.81. The first kappa shape index (κ1) is 29.2. The lowest BCUT2D eigenvalue weighted by atomic mass is 9.96. The lowest BCUT2D eigenvalue weighted by Gasteiger charge is -2.37. The third kappa shape index (κ3) is 6.03. The molecule has 2 heterocycles. The monoisotopic (exact) mass is 616 g/mol. The zero-order chi connectivity index (χ0) is 28.2. The summed E-state index contributed by atoms with van der Waals surface area (Å²) in [6.07, 6.45) is 10.6. The van der Waals surface area contributed by atoms with Crippen molar-refractivity contribution < 1.29 is 19.0 Å². The minimum Gasteiger partial charge on any atom is -0.496 e. The molecule has 39 heavy (non-hydrogen) atoms. The molecule has 4 rings (SSSR count). The summed E-state index contributed by atoms with van der Waals surface area (Å²) >= 11 is 10.5. The number of benzene rings is 2. The highest BCUT2D eigenvalue weighted by Crippen LogP contribution is 2.44. The van der Waals surface area contributed by atoms with Crippen LogP contribution in [0, 0.1) is 5.92 Å². The van der Waals surface area contributed by atoms with Crippen LogP contribution in [-0.4, -0.2) is 63.6 Å². The van der Waals surface area contributed by atoms with E-state index in [9.17, 15) is 4.79 Å². The Bertz CT molecular complexity index is 1300. The number of fused-ring (bicyclic) bond motifs is 1. The number of rotatable bonds is 12. The molecule has 0 saturated heterocycles. The Morgan fingerprint density at radius 2 is 1.85 bits per heavy atom. The van der Waals surface area contributed by atoms with E-state index < -0.39 is 0 Å². The lowest BCUT2D eigenvalue weighted by molar-refractivity contribution is -0.118. The van der Waals surface area contributed by atoms with Gasteiger partial charge in [0.25, 0.3) is 0 Å². The Labute approximate surface area is 244 Å². The van der Waals surface area contributed by atoms with Crippen LogP contribution in [-0.2, 0) is 11.2 Å². The number of aliphatic imine (C=N–C) groups is 1. The van der Waals surface area contributed by atoms with E-state index in [1.165, 1.54) is 0 Å². The maximum atomic E-state index is 13.2. The SMILES string of the molecule is COc1ccc(Br)cc1CC1C(C[N+](C=O)(CCC(C)C)c2ccc(OC)c(OC)c2Cl)N=C2C=CC=CN21. The molecule has 3 unspecified atom stereocenters. The van der Waals surface area contributed by atoms with Crippen LogP contribution in [0.3, 0.4) is 0 Å². The fraction of sp³-hybridized carbons (Fsp3) is 0.400. The highest BCUT2D eigenvalue weighted by atomic mass is 79.9. The third-order valence-electron chi connectivity index (χ3n) is 7.40. The van der Waals surface area contributed by atoms with Gasteiger partial charge in [-0.2, -0.15) is 0 Å². The molecule has 2 aliphatic heterocycles. The summed E-state index contributed by atoms with van der Waals surface area (Å²) in [6, 6.07) is 9.49. The normalized spacial score (nSPS) is 19.5. The topological polar surface area (TPSA) is 60.4 Å². The van der Waals surface area contributed by atoms with Crippen LogP contribution in [0.2, 0.25) is 5.02 Å². The third-order valence-corrected chi connectivity index (χ3v) is 8.26. The second-order valence-electron chi connectivity index (χ2n) is 10.3. The van der Waals surface area contributed by atoms with Gasteiger partial charge in [0.2, 0.25) is 0 Å². The van der Waals surface area contributed by atoms with Gasteiger partial charge in [-0.05, 0) is 60.7 Å². The average Bonchev–Trinajstić information content (AvgIpc) is 3.27. The minimum absolute atomic E-state index is 0.0200. The van der Waals surface area contributed by atoms with Crippen molar-refractivity contribution in [1.29, 1.82) is 0 Å². The molecule has 0 saturated carbocycles. The van der Waals surface area contributed by atoms with Crippen molar-refractivity contribution in [2.24, 2.45) is 10.9 Å². The van der Waals surface area contributed by atoms with Crippen molar-refractivity contribution in [3.05, 3.63) is 69.8 Å². The van der Waals surface area contributed by atoms with Crippen molar-refractivity contribution >= 4 is 45.5 Å². The Morgan fingerprint density at radius 1 is 1.10 bits per heavy atom. The maximum Gasteiger partial charge on any atom is 0.306 e. The van der Waals surface area contributed by atoms with E-state index in [0.717, 1.165) is 34.5 Å². The molecule has 3 atom stereocenters. The Morgan fingerprint density at radius 3 is 2.51 bits per heavy atom. The van der Waals surface area contributed by atoms with E-state index in [-0.39, 0.29) is 16.6 Å². The summed E-state index contributed by atoms with van der Waals surface area (Å²) in [4.78, 5) is 20.5. The van der Waals surface area contributed by atoms with Crippen LogP contribution in [0.15, 0.2) is 64.2 Å². The van der Waals surface area contributed by atoms with Crippen molar-refractivity contribution in [2.75, 3.05) is 34.4 Å².